The molecule has 47 heavy (non-hydrogen) atoms. The largest absolute Gasteiger partial charge is 0.370 e. The second kappa shape index (κ2) is 18.3. The first-order valence-electron chi connectivity index (χ1n) is 16.6. The van der Waals surface area contributed by atoms with Crippen molar-refractivity contribution in [3.63, 3.8) is 0 Å². The average Bonchev–Trinajstić information content (AvgIpc) is 3.53. The Bertz CT molecular complexity index is 1300. The Morgan fingerprint density at radius 1 is 0.872 bits per heavy atom. The van der Waals surface area contributed by atoms with Crippen LogP contribution in [0.15, 0.2) is 65.7 Å². The van der Waals surface area contributed by atoms with E-state index in [1.807, 2.05) is 74.5 Å². The molecule has 2 aromatic rings. The minimum Gasteiger partial charge on any atom is -0.370 e. The first-order chi connectivity index (χ1) is 22.0. The van der Waals surface area contributed by atoms with Gasteiger partial charge in [-0.3, -0.25) is 24.2 Å². The number of carbonyl (C=O) groups is 4. The molecule has 2 aromatic carbocycles. The number of ketones is 1. The fourth-order valence-electron chi connectivity index (χ4n) is 6.21. The number of hydrogen-bond acceptors (Lipinski definition) is 5. The molecule has 0 spiro atoms. The molecular weight excluding hydrogens is 591 g/mol. The molecule has 0 unspecified atom stereocenters. The van der Waals surface area contributed by atoms with Crippen LogP contribution in [0.5, 0.6) is 0 Å². The van der Waals surface area contributed by atoms with Gasteiger partial charge in [0, 0.05) is 33.2 Å². The van der Waals surface area contributed by atoms with Crippen LogP contribution in [0.4, 0.5) is 0 Å². The highest BCUT2D eigenvalue weighted by atomic mass is 16.2. The van der Waals surface area contributed by atoms with Gasteiger partial charge in [0.25, 0.3) is 0 Å². The first-order valence-corrected chi connectivity index (χ1v) is 16.6. The average molecular weight is 644 g/mol. The summed E-state index contributed by atoms with van der Waals surface area (Å²) in [5.74, 6) is -2.09. The van der Waals surface area contributed by atoms with Crippen molar-refractivity contribution in [2.45, 2.75) is 103 Å². The molecular formula is C36H52BN6O4. The van der Waals surface area contributed by atoms with Crippen LogP contribution in [0.1, 0.15) is 103 Å². The molecule has 1 atom stereocenters. The molecule has 10 nitrogen and oxygen atoms in total. The topological polar surface area (TPSA) is 169 Å². The van der Waals surface area contributed by atoms with Crippen molar-refractivity contribution >= 4 is 37.9 Å². The van der Waals surface area contributed by atoms with E-state index in [1.165, 1.54) is 0 Å². The van der Waals surface area contributed by atoms with Crippen molar-refractivity contribution in [2.75, 3.05) is 6.54 Å². The molecule has 3 radical (unpaired) electrons. The van der Waals surface area contributed by atoms with E-state index in [9.17, 15) is 19.2 Å². The Kier molecular flexibility index (Phi) is 15.2. The van der Waals surface area contributed by atoms with Crippen LogP contribution in [0.2, 0.25) is 0 Å². The number of rotatable bonds is 17. The number of nitrogens with zero attached hydrogens (tertiary/aromatic N) is 1. The molecule has 0 bridgehead atoms. The third-order valence-corrected chi connectivity index (χ3v) is 9.23. The summed E-state index contributed by atoms with van der Waals surface area (Å²) < 4.78 is 0. The third kappa shape index (κ3) is 10.4. The predicted molar refractivity (Wildman–Crippen MR) is 187 cm³/mol. The molecule has 11 heteroatoms. The van der Waals surface area contributed by atoms with Gasteiger partial charge in [0.15, 0.2) is 11.7 Å². The quantitative estimate of drug-likeness (QED) is 0.0758. The molecule has 1 aliphatic carbocycles. The second-order valence-electron chi connectivity index (χ2n) is 12.7. The summed E-state index contributed by atoms with van der Waals surface area (Å²) >= 11 is 0. The Hall–Kier alpha value is -4.15. The number of guanidine groups is 1. The maximum Gasteiger partial charge on any atom is 0.246 e. The number of Topliss-reactive ketones (excluding diaryl/α,β-unsaturated/α-hetero) is 1. The van der Waals surface area contributed by atoms with Gasteiger partial charge in [-0.1, -0.05) is 101 Å². The molecule has 0 aromatic heterocycles. The second-order valence-corrected chi connectivity index (χ2v) is 12.7. The maximum absolute atomic E-state index is 14.2. The van der Waals surface area contributed by atoms with Gasteiger partial charge in [0.1, 0.15) is 5.54 Å². The van der Waals surface area contributed by atoms with Crippen LogP contribution in [-0.2, 0) is 19.2 Å². The number of carbonyl (C=O) groups excluding carboxylic acids is 4. The van der Waals surface area contributed by atoms with E-state index in [0.717, 1.165) is 24.0 Å². The Morgan fingerprint density at radius 2 is 1.40 bits per heavy atom. The van der Waals surface area contributed by atoms with Gasteiger partial charge < -0.3 is 27.4 Å². The Morgan fingerprint density at radius 3 is 1.87 bits per heavy atom. The maximum atomic E-state index is 14.2. The summed E-state index contributed by atoms with van der Waals surface area (Å²) in [6.45, 7) is 7.59. The van der Waals surface area contributed by atoms with Crippen LogP contribution in [0, 0.1) is 11.8 Å². The van der Waals surface area contributed by atoms with Gasteiger partial charge in [-0.15, -0.1) is 0 Å². The molecule has 0 aliphatic heterocycles. The number of aliphatic imine (C=N–C) groups is 1. The highest BCUT2D eigenvalue weighted by Crippen LogP contribution is 2.33. The number of benzene rings is 2. The van der Waals surface area contributed by atoms with Crippen LogP contribution in [-0.4, -0.2) is 55.5 Å². The highest BCUT2D eigenvalue weighted by molar-refractivity contribution is 5.97. The zero-order valence-corrected chi connectivity index (χ0v) is 28.4. The molecule has 3 amide bonds. The molecule has 0 heterocycles. The van der Waals surface area contributed by atoms with Crippen molar-refractivity contribution in [3.8, 4) is 0 Å². The molecule has 1 fully saturated rings. The molecule has 3 rings (SSSR count). The van der Waals surface area contributed by atoms with Crippen molar-refractivity contribution in [2.24, 2.45) is 28.3 Å². The molecule has 0 saturated heterocycles. The smallest absolute Gasteiger partial charge is 0.246 e. The lowest BCUT2D eigenvalue weighted by Crippen LogP contribution is -2.59. The standard InChI is InChI=1S/C36H52N6O4.B/c1-5-35(6-2,41-31(44)25(3)4)29(43)24-28(20-15-23-39-34(37)38)32(45)42-36(21-13-14-22-36)33(46)40-30(26-16-9-7-10-17-26)27-18-11-8-12-19-27;/h7-12,16-19,25,28,30H,5-6,13-15,20-24H2,1-4H3,(H,40,46)(H,41,44)(H,42,45)(H4,37,38,39);/t28-;/m1./s1. The highest BCUT2D eigenvalue weighted by Gasteiger charge is 2.45. The van der Waals surface area contributed by atoms with E-state index in [-0.39, 0.29) is 50.2 Å². The minimum atomic E-state index is -1.11. The molecule has 7 N–H and O–H groups in total. The summed E-state index contributed by atoms with van der Waals surface area (Å²) in [7, 11) is 0. The monoisotopic (exact) mass is 643 g/mol. The third-order valence-electron chi connectivity index (χ3n) is 9.23. The molecule has 1 aliphatic rings. The summed E-state index contributed by atoms with van der Waals surface area (Å²) in [5.41, 5.74) is 10.7. The van der Waals surface area contributed by atoms with Gasteiger partial charge in [-0.25, -0.2) is 0 Å². The van der Waals surface area contributed by atoms with Crippen LogP contribution >= 0.6 is 0 Å². The van der Waals surface area contributed by atoms with Crippen molar-refractivity contribution in [1.29, 1.82) is 0 Å². The van der Waals surface area contributed by atoms with E-state index in [1.54, 1.807) is 13.8 Å². The fraction of sp³-hybridized carbons (Fsp3) is 0.528. The lowest BCUT2D eigenvalue weighted by Gasteiger charge is -2.35. The lowest BCUT2D eigenvalue weighted by atomic mass is 9.81. The Labute approximate surface area is 281 Å². The zero-order valence-electron chi connectivity index (χ0n) is 28.4. The van der Waals surface area contributed by atoms with Crippen LogP contribution in [0.25, 0.3) is 0 Å². The predicted octanol–water partition coefficient (Wildman–Crippen LogP) is 3.90. The summed E-state index contributed by atoms with van der Waals surface area (Å²) in [4.78, 5) is 59.0. The van der Waals surface area contributed by atoms with E-state index >= 15 is 0 Å². The summed E-state index contributed by atoms with van der Waals surface area (Å²) in [6, 6.07) is 19.1. The van der Waals surface area contributed by atoms with Gasteiger partial charge in [0.2, 0.25) is 17.7 Å². The zero-order chi connectivity index (χ0) is 33.7. The van der Waals surface area contributed by atoms with E-state index < -0.39 is 23.0 Å². The van der Waals surface area contributed by atoms with Gasteiger partial charge in [-0.05, 0) is 49.7 Å². The summed E-state index contributed by atoms with van der Waals surface area (Å²) in [5, 5.41) is 9.34. The first kappa shape index (κ1) is 39.0. The fourth-order valence-corrected chi connectivity index (χ4v) is 6.21. The molecule has 1 saturated carbocycles. The minimum absolute atomic E-state index is 0. The Balaban J connectivity index is 0.00000768. The van der Waals surface area contributed by atoms with E-state index in [0.29, 0.717) is 45.1 Å². The normalized spacial score (nSPS) is 14.5. The number of nitrogens with two attached hydrogens (primary N) is 2. The van der Waals surface area contributed by atoms with E-state index in [4.69, 9.17) is 11.5 Å². The van der Waals surface area contributed by atoms with Crippen molar-refractivity contribution in [1.82, 2.24) is 16.0 Å². The van der Waals surface area contributed by atoms with Gasteiger partial charge >= 0.3 is 0 Å². The van der Waals surface area contributed by atoms with E-state index in [2.05, 4.69) is 20.9 Å². The van der Waals surface area contributed by atoms with Crippen molar-refractivity contribution in [3.05, 3.63) is 71.8 Å². The number of amides is 3. The van der Waals surface area contributed by atoms with Crippen LogP contribution in [0.3, 0.4) is 0 Å². The number of hydrogen-bond donors (Lipinski definition) is 5. The van der Waals surface area contributed by atoms with Crippen molar-refractivity contribution < 1.29 is 19.2 Å². The van der Waals surface area contributed by atoms with Gasteiger partial charge in [0.05, 0.1) is 11.6 Å². The van der Waals surface area contributed by atoms with Gasteiger partial charge in [-0.2, -0.15) is 0 Å². The number of nitrogens with one attached hydrogen (secondary N) is 3. The lowest BCUT2D eigenvalue weighted by molar-refractivity contribution is -0.139. The summed E-state index contributed by atoms with van der Waals surface area (Å²) in [6.07, 6.45) is 4.09. The SMILES string of the molecule is CCC(CC)(NC(=O)C(C)C)C(=O)C[C@@H](CCCN=C(N)N)C(=O)NC1(C(=O)NC(c2ccccc2)c2ccccc2)CCCC1.[B]. The van der Waals surface area contributed by atoms with Crippen LogP contribution < -0.4 is 27.4 Å². The molecule has 253 valence electrons.